The molecule has 2 amide bonds. The van der Waals surface area contributed by atoms with Crippen molar-refractivity contribution in [2.45, 2.75) is 27.2 Å². The molecule has 150 valence electrons. The molecular formula is C20H22BrClN2O4. The fourth-order valence-corrected chi connectivity index (χ4v) is 2.95. The Morgan fingerprint density at radius 2 is 1.75 bits per heavy atom. The van der Waals surface area contributed by atoms with E-state index in [-0.39, 0.29) is 6.61 Å². The van der Waals surface area contributed by atoms with Crippen molar-refractivity contribution in [2.75, 3.05) is 13.2 Å². The lowest BCUT2D eigenvalue weighted by Crippen LogP contribution is -2.43. The molecule has 0 bridgehead atoms. The first-order valence-electron chi connectivity index (χ1n) is 8.73. The van der Waals surface area contributed by atoms with Gasteiger partial charge >= 0.3 is 0 Å². The number of ether oxygens (including phenoxy) is 2. The molecule has 28 heavy (non-hydrogen) atoms. The first kappa shape index (κ1) is 22.0. The molecule has 0 radical (unpaired) electrons. The lowest BCUT2D eigenvalue weighted by molar-refractivity contribution is -0.123. The second kappa shape index (κ2) is 10.3. The summed E-state index contributed by atoms with van der Waals surface area (Å²) < 4.78 is 11.7. The van der Waals surface area contributed by atoms with Crippen molar-refractivity contribution >= 4 is 39.3 Å². The number of hydrazine groups is 1. The van der Waals surface area contributed by atoms with Gasteiger partial charge in [0, 0.05) is 10.6 Å². The van der Waals surface area contributed by atoms with E-state index in [1.54, 1.807) is 30.3 Å². The smallest absolute Gasteiger partial charge is 0.276 e. The van der Waals surface area contributed by atoms with Crippen LogP contribution in [0.3, 0.4) is 0 Å². The SMILES string of the molecule is CCCOc1ccc(C(=O)NNC(=O)COc2cc(C)c(Cl)c(C)c2)cc1Br. The Kier molecular flexibility index (Phi) is 8.14. The maximum absolute atomic E-state index is 12.2. The van der Waals surface area contributed by atoms with Crippen LogP contribution in [-0.4, -0.2) is 25.0 Å². The Morgan fingerprint density at radius 1 is 1.07 bits per heavy atom. The van der Waals surface area contributed by atoms with Crippen molar-refractivity contribution < 1.29 is 19.1 Å². The molecule has 0 aromatic heterocycles. The minimum atomic E-state index is -0.486. The van der Waals surface area contributed by atoms with Gasteiger partial charge in [0.15, 0.2) is 6.61 Å². The topological polar surface area (TPSA) is 76.7 Å². The Hall–Kier alpha value is -2.25. The van der Waals surface area contributed by atoms with Crippen LogP contribution in [0.1, 0.15) is 34.8 Å². The third kappa shape index (κ3) is 6.14. The van der Waals surface area contributed by atoms with E-state index in [9.17, 15) is 9.59 Å². The zero-order chi connectivity index (χ0) is 20.7. The number of aryl methyl sites for hydroxylation is 2. The predicted octanol–water partition coefficient (Wildman–Crippen LogP) is 4.35. The molecule has 0 spiro atoms. The molecule has 8 heteroatoms. The Bertz CT molecular complexity index is 850. The van der Waals surface area contributed by atoms with E-state index in [4.69, 9.17) is 21.1 Å². The highest BCUT2D eigenvalue weighted by atomic mass is 79.9. The van der Waals surface area contributed by atoms with Gasteiger partial charge in [-0.3, -0.25) is 20.4 Å². The van der Waals surface area contributed by atoms with Crippen molar-refractivity contribution in [2.24, 2.45) is 0 Å². The van der Waals surface area contributed by atoms with Crippen LogP contribution in [0.15, 0.2) is 34.8 Å². The molecule has 0 aliphatic rings. The zero-order valence-corrected chi connectivity index (χ0v) is 18.2. The molecule has 2 N–H and O–H groups in total. The van der Waals surface area contributed by atoms with Crippen LogP contribution < -0.4 is 20.3 Å². The van der Waals surface area contributed by atoms with Gasteiger partial charge in [0.05, 0.1) is 11.1 Å². The summed E-state index contributed by atoms with van der Waals surface area (Å²) >= 11 is 9.48. The molecule has 0 fully saturated rings. The van der Waals surface area contributed by atoms with Crippen molar-refractivity contribution in [3.05, 3.63) is 56.5 Å². The Balaban J connectivity index is 1.85. The van der Waals surface area contributed by atoms with E-state index in [2.05, 4.69) is 26.8 Å². The summed E-state index contributed by atoms with van der Waals surface area (Å²) in [5, 5.41) is 0.668. The lowest BCUT2D eigenvalue weighted by atomic mass is 10.1. The largest absolute Gasteiger partial charge is 0.492 e. The summed E-state index contributed by atoms with van der Waals surface area (Å²) in [7, 11) is 0. The van der Waals surface area contributed by atoms with Gasteiger partial charge in [0.2, 0.25) is 0 Å². The first-order chi connectivity index (χ1) is 13.3. The van der Waals surface area contributed by atoms with Crippen molar-refractivity contribution in [1.29, 1.82) is 0 Å². The molecule has 2 aromatic carbocycles. The van der Waals surface area contributed by atoms with Gasteiger partial charge in [-0.05, 0) is 77.7 Å². The van der Waals surface area contributed by atoms with Gasteiger partial charge in [0.1, 0.15) is 11.5 Å². The van der Waals surface area contributed by atoms with Crippen LogP contribution in [-0.2, 0) is 4.79 Å². The van der Waals surface area contributed by atoms with E-state index in [1.165, 1.54) is 0 Å². The van der Waals surface area contributed by atoms with Crippen LogP contribution in [0.25, 0.3) is 0 Å². The second-order valence-electron chi connectivity index (χ2n) is 6.16. The van der Waals surface area contributed by atoms with Gasteiger partial charge in [0.25, 0.3) is 11.8 Å². The molecule has 0 saturated heterocycles. The highest BCUT2D eigenvalue weighted by Crippen LogP contribution is 2.26. The fourth-order valence-electron chi connectivity index (χ4n) is 2.34. The van der Waals surface area contributed by atoms with Crippen LogP contribution >= 0.6 is 27.5 Å². The van der Waals surface area contributed by atoms with Crippen LogP contribution in [0.4, 0.5) is 0 Å². The van der Waals surface area contributed by atoms with Gasteiger partial charge in [-0.15, -0.1) is 0 Å². The van der Waals surface area contributed by atoms with Crippen LogP contribution in [0, 0.1) is 13.8 Å². The first-order valence-corrected chi connectivity index (χ1v) is 9.90. The van der Waals surface area contributed by atoms with E-state index in [1.807, 2.05) is 20.8 Å². The van der Waals surface area contributed by atoms with Crippen LogP contribution in [0.2, 0.25) is 5.02 Å². The van der Waals surface area contributed by atoms with Gasteiger partial charge in [-0.25, -0.2) is 0 Å². The number of rotatable bonds is 7. The molecule has 0 heterocycles. The molecule has 2 aromatic rings. The molecule has 0 unspecified atom stereocenters. The number of carbonyl (C=O) groups excluding carboxylic acids is 2. The van der Waals surface area contributed by atoms with E-state index >= 15 is 0 Å². The maximum atomic E-state index is 12.2. The molecular weight excluding hydrogens is 448 g/mol. The fraction of sp³-hybridized carbons (Fsp3) is 0.300. The number of amides is 2. The number of nitrogens with one attached hydrogen (secondary N) is 2. The summed E-state index contributed by atoms with van der Waals surface area (Å²) in [6.45, 7) is 6.08. The molecule has 0 saturated carbocycles. The summed E-state index contributed by atoms with van der Waals surface area (Å²) in [5.74, 6) is 0.256. The van der Waals surface area contributed by atoms with Crippen molar-refractivity contribution in [3.63, 3.8) is 0 Å². The van der Waals surface area contributed by atoms with Gasteiger partial charge in [-0.1, -0.05) is 18.5 Å². The second-order valence-corrected chi connectivity index (χ2v) is 7.39. The van der Waals surface area contributed by atoms with E-state index in [0.29, 0.717) is 33.2 Å². The summed E-state index contributed by atoms with van der Waals surface area (Å²) in [6.07, 6.45) is 0.887. The minimum Gasteiger partial charge on any atom is -0.492 e. The predicted molar refractivity (Wildman–Crippen MR) is 112 cm³/mol. The van der Waals surface area contributed by atoms with Gasteiger partial charge in [-0.2, -0.15) is 0 Å². The quantitative estimate of drug-likeness (QED) is 0.591. The highest BCUT2D eigenvalue weighted by Gasteiger charge is 2.11. The zero-order valence-electron chi connectivity index (χ0n) is 15.9. The Morgan fingerprint density at radius 3 is 2.36 bits per heavy atom. The number of hydrogen-bond acceptors (Lipinski definition) is 4. The minimum absolute atomic E-state index is 0.242. The van der Waals surface area contributed by atoms with Gasteiger partial charge < -0.3 is 9.47 Å². The standard InChI is InChI=1S/C20H22BrClN2O4/c1-4-7-27-17-6-5-14(10-16(17)21)20(26)24-23-18(25)11-28-15-8-12(2)19(22)13(3)9-15/h5-6,8-10H,4,7,11H2,1-3H3,(H,23,25)(H,24,26). The summed E-state index contributed by atoms with van der Waals surface area (Å²) in [6, 6.07) is 8.45. The summed E-state index contributed by atoms with van der Waals surface area (Å²) in [4.78, 5) is 24.1. The van der Waals surface area contributed by atoms with E-state index in [0.717, 1.165) is 17.5 Å². The third-order valence-electron chi connectivity index (χ3n) is 3.75. The molecule has 0 aliphatic heterocycles. The molecule has 6 nitrogen and oxygen atoms in total. The normalized spacial score (nSPS) is 10.3. The number of carbonyl (C=O) groups is 2. The van der Waals surface area contributed by atoms with Crippen molar-refractivity contribution in [1.82, 2.24) is 10.9 Å². The lowest BCUT2D eigenvalue weighted by Gasteiger charge is -2.12. The van der Waals surface area contributed by atoms with Crippen LogP contribution in [0.5, 0.6) is 11.5 Å². The number of hydrogen-bond donors (Lipinski definition) is 2. The molecule has 0 aliphatic carbocycles. The molecule has 2 rings (SSSR count). The average Bonchev–Trinajstić information content (AvgIpc) is 2.67. The average molecular weight is 470 g/mol. The maximum Gasteiger partial charge on any atom is 0.276 e. The van der Waals surface area contributed by atoms with Crippen molar-refractivity contribution in [3.8, 4) is 11.5 Å². The highest BCUT2D eigenvalue weighted by molar-refractivity contribution is 9.10. The molecule has 0 atom stereocenters. The number of halogens is 2. The monoisotopic (exact) mass is 468 g/mol. The van der Waals surface area contributed by atoms with E-state index < -0.39 is 11.8 Å². The number of benzene rings is 2. The third-order valence-corrected chi connectivity index (χ3v) is 4.97. The Labute approximate surface area is 177 Å². The summed E-state index contributed by atoms with van der Waals surface area (Å²) in [5.41, 5.74) is 6.78.